The minimum atomic E-state index is -0.265. The van der Waals surface area contributed by atoms with Crippen molar-refractivity contribution in [3.05, 3.63) is 71.3 Å². The summed E-state index contributed by atoms with van der Waals surface area (Å²) in [6.07, 6.45) is -0.137. The number of ether oxygens (including phenoxy) is 1. The Balaban J connectivity index is 1.93. The molecule has 1 aliphatic heterocycles. The van der Waals surface area contributed by atoms with E-state index in [1.54, 1.807) is 0 Å². The molecule has 0 saturated carbocycles. The number of hydroxylamine groups is 2. The van der Waals surface area contributed by atoms with Crippen molar-refractivity contribution in [2.45, 2.75) is 26.0 Å². The van der Waals surface area contributed by atoms with Crippen molar-refractivity contribution < 1.29 is 14.4 Å². The number of benzene rings is 2. The highest BCUT2D eigenvalue weighted by atomic mass is 16.7. The van der Waals surface area contributed by atoms with Crippen LogP contribution in [0.1, 0.15) is 35.8 Å². The molecule has 3 atom stereocenters. The van der Waals surface area contributed by atoms with Crippen LogP contribution in [0.15, 0.2) is 54.6 Å². The molecular weight excluding hydrogens is 302 g/mol. The van der Waals surface area contributed by atoms with Crippen LogP contribution in [0, 0.1) is 12.8 Å². The number of nitrogens with zero attached hydrogens (tertiary/aromatic N) is 1. The monoisotopic (exact) mass is 325 g/mol. The van der Waals surface area contributed by atoms with Gasteiger partial charge in [-0.25, -0.2) is 0 Å². The van der Waals surface area contributed by atoms with Crippen molar-refractivity contribution in [3.63, 3.8) is 0 Å². The number of hydrogen-bond acceptors (Lipinski definition) is 4. The molecule has 3 unspecified atom stereocenters. The van der Waals surface area contributed by atoms with E-state index in [4.69, 9.17) is 9.57 Å². The lowest BCUT2D eigenvalue weighted by molar-refractivity contribution is -0.148. The molecule has 0 aromatic heterocycles. The zero-order valence-electron chi connectivity index (χ0n) is 14.3. The van der Waals surface area contributed by atoms with Crippen molar-refractivity contribution in [1.29, 1.82) is 0 Å². The lowest BCUT2D eigenvalue weighted by Gasteiger charge is -2.23. The second kappa shape index (κ2) is 7.16. The lowest BCUT2D eigenvalue weighted by atomic mass is 9.87. The van der Waals surface area contributed by atoms with Gasteiger partial charge in [-0.15, -0.1) is 0 Å². The molecule has 2 aromatic rings. The first kappa shape index (κ1) is 16.7. The molecule has 0 amide bonds. The Hall–Kier alpha value is -2.17. The third-order valence-corrected chi connectivity index (χ3v) is 4.49. The third kappa shape index (κ3) is 3.50. The maximum atomic E-state index is 11.3. The van der Waals surface area contributed by atoms with Gasteiger partial charge < -0.3 is 4.74 Å². The highest BCUT2D eigenvalue weighted by Crippen LogP contribution is 2.46. The minimum Gasteiger partial charge on any atom is -0.465 e. The van der Waals surface area contributed by atoms with Crippen LogP contribution in [-0.4, -0.2) is 24.7 Å². The summed E-state index contributed by atoms with van der Waals surface area (Å²) in [4.78, 5) is 17.5. The summed E-state index contributed by atoms with van der Waals surface area (Å²) in [7, 11) is 1.94. The van der Waals surface area contributed by atoms with Crippen molar-refractivity contribution in [1.82, 2.24) is 5.06 Å². The summed E-state index contributed by atoms with van der Waals surface area (Å²) in [6.45, 7) is 3.84. The summed E-state index contributed by atoms with van der Waals surface area (Å²) in [5.41, 5.74) is 3.48. The Kier molecular flexibility index (Phi) is 4.97. The Morgan fingerprint density at radius 1 is 1.08 bits per heavy atom. The van der Waals surface area contributed by atoms with E-state index in [1.165, 1.54) is 18.1 Å². The van der Waals surface area contributed by atoms with Crippen LogP contribution in [0.25, 0.3) is 0 Å². The highest BCUT2D eigenvalue weighted by Gasteiger charge is 2.43. The average Bonchev–Trinajstić information content (AvgIpc) is 2.91. The van der Waals surface area contributed by atoms with E-state index in [0.717, 1.165) is 5.56 Å². The first-order valence-electron chi connectivity index (χ1n) is 8.20. The average molecular weight is 325 g/mol. The molecule has 0 N–H and O–H groups in total. The second-order valence-electron chi connectivity index (χ2n) is 6.30. The molecule has 4 nitrogen and oxygen atoms in total. The Bertz CT molecular complexity index is 684. The predicted molar refractivity (Wildman–Crippen MR) is 92.1 cm³/mol. The predicted octanol–water partition coefficient (Wildman–Crippen LogP) is 3.83. The van der Waals surface area contributed by atoms with Crippen molar-refractivity contribution >= 4 is 5.97 Å². The van der Waals surface area contributed by atoms with E-state index in [0.29, 0.717) is 6.61 Å². The summed E-state index contributed by atoms with van der Waals surface area (Å²) in [6, 6.07) is 18.6. The van der Waals surface area contributed by atoms with Gasteiger partial charge in [0, 0.05) is 19.9 Å². The van der Waals surface area contributed by atoms with Gasteiger partial charge in [-0.1, -0.05) is 60.2 Å². The van der Waals surface area contributed by atoms with Gasteiger partial charge in [-0.3, -0.25) is 9.63 Å². The van der Waals surface area contributed by atoms with Crippen LogP contribution < -0.4 is 0 Å². The van der Waals surface area contributed by atoms with Crippen molar-refractivity contribution in [2.75, 3.05) is 13.7 Å². The lowest BCUT2D eigenvalue weighted by Crippen LogP contribution is -2.24. The van der Waals surface area contributed by atoms with Crippen LogP contribution in [-0.2, 0) is 14.4 Å². The van der Waals surface area contributed by atoms with Gasteiger partial charge in [-0.2, -0.15) is 5.06 Å². The van der Waals surface area contributed by atoms with Crippen LogP contribution >= 0.6 is 0 Å². The number of rotatable bonds is 4. The quantitative estimate of drug-likeness (QED) is 0.801. The number of esters is 1. The topological polar surface area (TPSA) is 38.8 Å². The molecule has 4 heteroatoms. The fourth-order valence-electron chi connectivity index (χ4n) is 3.32. The molecule has 0 aliphatic carbocycles. The SMILES string of the molecule is CC(=O)OCC1C(c2ccccc2)ON(C)C1c1ccc(C)cc1. The fraction of sp³-hybridized carbons (Fsp3) is 0.350. The van der Waals surface area contributed by atoms with Gasteiger partial charge in [0.25, 0.3) is 0 Å². The van der Waals surface area contributed by atoms with Crippen LogP contribution in [0.5, 0.6) is 0 Å². The van der Waals surface area contributed by atoms with Gasteiger partial charge in [0.1, 0.15) is 6.10 Å². The van der Waals surface area contributed by atoms with Gasteiger partial charge in [0.2, 0.25) is 0 Å². The summed E-state index contributed by atoms with van der Waals surface area (Å²) in [5.74, 6) is -0.233. The molecule has 24 heavy (non-hydrogen) atoms. The zero-order chi connectivity index (χ0) is 17.1. The molecule has 0 radical (unpaired) electrons. The van der Waals surface area contributed by atoms with Crippen molar-refractivity contribution in [2.24, 2.45) is 5.92 Å². The van der Waals surface area contributed by atoms with E-state index < -0.39 is 0 Å². The largest absolute Gasteiger partial charge is 0.465 e. The molecule has 1 fully saturated rings. The second-order valence-corrected chi connectivity index (χ2v) is 6.30. The number of hydrogen-bond donors (Lipinski definition) is 0. The molecule has 1 heterocycles. The molecular formula is C20H23NO3. The smallest absolute Gasteiger partial charge is 0.302 e. The van der Waals surface area contributed by atoms with E-state index in [1.807, 2.05) is 30.3 Å². The molecule has 126 valence electrons. The minimum absolute atomic E-state index is 0.0315. The summed E-state index contributed by atoms with van der Waals surface area (Å²) >= 11 is 0. The van der Waals surface area contributed by atoms with Gasteiger partial charge in [-0.05, 0) is 18.1 Å². The molecule has 0 spiro atoms. The van der Waals surface area contributed by atoms with Crippen LogP contribution in [0.2, 0.25) is 0 Å². The summed E-state index contributed by atoms with van der Waals surface area (Å²) < 4.78 is 5.36. The van der Waals surface area contributed by atoms with E-state index >= 15 is 0 Å². The molecule has 2 aromatic carbocycles. The number of aryl methyl sites for hydroxylation is 1. The zero-order valence-corrected chi connectivity index (χ0v) is 14.3. The van der Waals surface area contributed by atoms with E-state index in [2.05, 4.69) is 43.3 Å². The van der Waals surface area contributed by atoms with Gasteiger partial charge in [0.15, 0.2) is 0 Å². The van der Waals surface area contributed by atoms with Gasteiger partial charge in [0.05, 0.1) is 12.6 Å². The standard InChI is InChI=1S/C20H23NO3/c1-14-9-11-16(12-10-14)19-18(13-23-15(2)22)20(24-21(19)3)17-7-5-4-6-8-17/h4-12,18-20H,13H2,1-3H3. The third-order valence-electron chi connectivity index (χ3n) is 4.49. The number of carbonyl (C=O) groups excluding carboxylic acids is 1. The maximum absolute atomic E-state index is 11.3. The van der Waals surface area contributed by atoms with Crippen LogP contribution in [0.4, 0.5) is 0 Å². The van der Waals surface area contributed by atoms with E-state index in [9.17, 15) is 4.79 Å². The van der Waals surface area contributed by atoms with Crippen LogP contribution in [0.3, 0.4) is 0 Å². The molecule has 0 bridgehead atoms. The Labute approximate surface area is 143 Å². The molecule has 3 rings (SSSR count). The van der Waals surface area contributed by atoms with E-state index in [-0.39, 0.29) is 24.0 Å². The summed E-state index contributed by atoms with van der Waals surface area (Å²) in [5, 5.41) is 1.89. The Morgan fingerprint density at radius 2 is 1.75 bits per heavy atom. The first-order valence-corrected chi connectivity index (χ1v) is 8.20. The first-order chi connectivity index (χ1) is 11.6. The maximum Gasteiger partial charge on any atom is 0.302 e. The number of carbonyl (C=O) groups is 1. The highest BCUT2D eigenvalue weighted by molar-refractivity contribution is 5.65. The normalized spacial score (nSPS) is 24.0. The van der Waals surface area contributed by atoms with Crippen molar-refractivity contribution in [3.8, 4) is 0 Å². The molecule has 1 saturated heterocycles. The molecule has 1 aliphatic rings. The van der Waals surface area contributed by atoms with Gasteiger partial charge >= 0.3 is 5.97 Å². The fourth-order valence-corrected chi connectivity index (χ4v) is 3.32. The Morgan fingerprint density at radius 3 is 2.38 bits per heavy atom.